The van der Waals surface area contributed by atoms with Crippen molar-refractivity contribution in [2.45, 2.75) is 19.8 Å². The Morgan fingerprint density at radius 1 is 1.03 bits per heavy atom. The molecule has 0 unspecified atom stereocenters. The molecule has 1 fully saturated rings. The lowest BCUT2D eigenvalue weighted by atomic mass is 9.95. The number of carbonyl (C=O) groups excluding carboxylic acids is 2. The van der Waals surface area contributed by atoms with Gasteiger partial charge in [0, 0.05) is 44.1 Å². The maximum Gasteiger partial charge on any atom is 0.254 e. The first-order valence-electron chi connectivity index (χ1n) is 11.4. The number of pyridine rings is 1. The van der Waals surface area contributed by atoms with Gasteiger partial charge in [-0.05, 0) is 59.9 Å². The third-order valence-corrected chi connectivity index (χ3v) is 6.02. The van der Waals surface area contributed by atoms with Gasteiger partial charge in [-0.1, -0.05) is 37.3 Å². The zero-order chi connectivity index (χ0) is 23.2. The Morgan fingerprint density at radius 3 is 2.58 bits per heavy atom. The first-order valence-corrected chi connectivity index (χ1v) is 11.4. The van der Waals surface area contributed by atoms with Gasteiger partial charge in [-0.15, -0.1) is 0 Å². The number of nitrogens with zero attached hydrogens (tertiary/aromatic N) is 3. The summed E-state index contributed by atoms with van der Waals surface area (Å²) in [6.07, 6.45) is 4.91. The highest BCUT2D eigenvalue weighted by Gasteiger charge is 2.32. The van der Waals surface area contributed by atoms with E-state index in [1.54, 1.807) is 23.4 Å². The molecule has 0 spiro atoms. The summed E-state index contributed by atoms with van der Waals surface area (Å²) in [5, 5.41) is 0. The van der Waals surface area contributed by atoms with Gasteiger partial charge in [-0.25, -0.2) is 4.39 Å². The van der Waals surface area contributed by atoms with Gasteiger partial charge >= 0.3 is 0 Å². The van der Waals surface area contributed by atoms with E-state index < -0.39 is 5.82 Å². The second-order valence-electron chi connectivity index (χ2n) is 8.42. The highest BCUT2D eigenvalue weighted by molar-refractivity contribution is 5.95. The minimum atomic E-state index is -0.441. The molecule has 5 nitrogen and oxygen atoms in total. The number of hydrogen-bond acceptors (Lipinski definition) is 3. The fourth-order valence-electron chi connectivity index (χ4n) is 4.38. The van der Waals surface area contributed by atoms with Crippen LogP contribution in [0.5, 0.6) is 0 Å². The van der Waals surface area contributed by atoms with Crippen LogP contribution in [0.15, 0.2) is 73.1 Å². The van der Waals surface area contributed by atoms with E-state index in [1.165, 1.54) is 18.2 Å². The zero-order valence-electron chi connectivity index (χ0n) is 18.8. The van der Waals surface area contributed by atoms with E-state index in [0.29, 0.717) is 38.2 Å². The summed E-state index contributed by atoms with van der Waals surface area (Å²) in [4.78, 5) is 34.1. The van der Waals surface area contributed by atoms with Crippen molar-refractivity contribution >= 4 is 11.8 Å². The standard InChI is InChI=1S/C27H28FN3O2/c1-2-13-30-14-15-31(26(32)23-7-4-8-25(28)18-23)19-24(27(30)33)17-20-5-3-6-22(16-20)21-9-11-29-12-10-21/h3-12,16,18,24H,2,13-15,17,19H2,1H3/t24-/m1/s1. The smallest absolute Gasteiger partial charge is 0.254 e. The topological polar surface area (TPSA) is 53.5 Å². The van der Waals surface area contributed by atoms with Gasteiger partial charge in [-0.2, -0.15) is 0 Å². The number of aromatic nitrogens is 1. The molecule has 2 heterocycles. The number of amides is 2. The van der Waals surface area contributed by atoms with Crippen LogP contribution in [0.3, 0.4) is 0 Å². The van der Waals surface area contributed by atoms with Crippen LogP contribution in [0.25, 0.3) is 11.1 Å². The normalized spacial score (nSPS) is 16.5. The van der Waals surface area contributed by atoms with Crippen molar-refractivity contribution in [3.05, 3.63) is 90.0 Å². The van der Waals surface area contributed by atoms with Gasteiger partial charge in [0.25, 0.3) is 5.91 Å². The van der Waals surface area contributed by atoms with E-state index in [4.69, 9.17) is 0 Å². The highest BCUT2D eigenvalue weighted by Crippen LogP contribution is 2.24. The van der Waals surface area contributed by atoms with Crippen molar-refractivity contribution in [1.29, 1.82) is 0 Å². The molecule has 2 amide bonds. The molecule has 1 atom stereocenters. The monoisotopic (exact) mass is 445 g/mol. The Kier molecular flexibility index (Phi) is 7.13. The fraction of sp³-hybridized carbons (Fsp3) is 0.296. The molecule has 170 valence electrons. The number of carbonyl (C=O) groups is 2. The summed E-state index contributed by atoms with van der Waals surface area (Å²) >= 11 is 0. The molecule has 0 saturated carbocycles. The third-order valence-electron chi connectivity index (χ3n) is 6.02. The van der Waals surface area contributed by atoms with Crippen molar-refractivity contribution in [3.63, 3.8) is 0 Å². The Morgan fingerprint density at radius 2 is 1.82 bits per heavy atom. The van der Waals surface area contributed by atoms with E-state index in [1.807, 2.05) is 42.2 Å². The van der Waals surface area contributed by atoms with E-state index in [2.05, 4.69) is 11.1 Å². The van der Waals surface area contributed by atoms with Gasteiger partial charge in [0.15, 0.2) is 0 Å². The average Bonchev–Trinajstić information content (AvgIpc) is 2.99. The molecule has 0 bridgehead atoms. The number of rotatable bonds is 6. The maximum absolute atomic E-state index is 13.7. The molecule has 1 aliphatic rings. The molecule has 0 N–H and O–H groups in total. The summed E-state index contributed by atoms with van der Waals surface area (Å²) in [7, 11) is 0. The molecule has 1 aliphatic heterocycles. The molecule has 6 heteroatoms. The molecular weight excluding hydrogens is 417 g/mol. The third kappa shape index (κ3) is 5.45. The lowest BCUT2D eigenvalue weighted by Gasteiger charge is -2.24. The largest absolute Gasteiger partial charge is 0.341 e. The lowest BCUT2D eigenvalue weighted by Crippen LogP contribution is -2.38. The fourth-order valence-corrected chi connectivity index (χ4v) is 4.38. The van der Waals surface area contributed by atoms with Crippen LogP contribution in [0.4, 0.5) is 4.39 Å². The summed E-state index contributed by atoms with van der Waals surface area (Å²) in [6, 6.07) is 17.8. The predicted octanol–water partition coefficient (Wildman–Crippen LogP) is 4.44. The van der Waals surface area contributed by atoms with Crippen LogP contribution in [0.1, 0.15) is 29.3 Å². The molecule has 1 saturated heterocycles. The first-order chi connectivity index (χ1) is 16.0. The molecule has 33 heavy (non-hydrogen) atoms. The minimum Gasteiger partial charge on any atom is -0.341 e. The highest BCUT2D eigenvalue weighted by atomic mass is 19.1. The minimum absolute atomic E-state index is 0.0701. The summed E-state index contributed by atoms with van der Waals surface area (Å²) in [5.41, 5.74) is 3.48. The predicted molar refractivity (Wildman–Crippen MR) is 126 cm³/mol. The average molecular weight is 446 g/mol. The van der Waals surface area contributed by atoms with Crippen LogP contribution in [0, 0.1) is 11.7 Å². The number of benzene rings is 2. The van der Waals surface area contributed by atoms with Crippen molar-refractivity contribution in [2.75, 3.05) is 26.2 Å². The van der Waals surface area contributed by atoms with Gasteiger partial charge in [0.2, 0.25) is 5.91 Å². The maximum atomic E-state index is 13.7. The van der Waals surface area contributed by atoms with Crippen LogP contribution in [-0.2, 0) is 11.2 Å². The molecular formula is C27H28FN3O2. The van der Waals surface area contributed by atoms with E-state index >= 15 is 0 Å². The van der Waals surface area contributed by atoms with Crippen LogP contribution in [0.2, 0.25) is 0 Å². The molecule has 3 aromatic rings. The Labute approximate surface area is 193 Å². The SMILES string of the molecule is CCCN1CCN(C(=O)c2cccc(F)c2)C[C@@H](Cc2cccc(-c3ccncc3)c2)C1=O. The Hall–Kier alpha value is -3.54. The molecule has 0 radical (unpaired) electrons. The van der Waals surface area contributed by atoms with Crippen molar-refractivity contribution in [1.82, 2.24) is 14.8 Å². The summed E-state index contributed by atoms with van der Waals surface area (Å²) < 4.78 is 13.7. The Bertz CT molecular complexity index is 1120. The van der Waals surface area contributed by atoms with Crippen molar-refractivity contribution in [2.24, 2.45) is 5.92 Å². The summed E-state index contributed by atoms with van der Waals surface area (Å²) in [5.74, 6) is -0.968. The lowest BCUT2D eigenvalue weighted by molar-refractivity contribution is -0.134. The van der Waals surface area contributed by atoms with Crippen molar-refractivity contribution in [3.8, 4) is 11.1 Å². The number of halogens is 1. The second kappa shape index (κ2) is 10.4. The zero-order valence-corrected chi connectivity index (χ0v) is 18.8. The van der Waals surface area contributed by atoms with Crippen molar-refractivity contribution < 1.29 is 14.0 Å². The van der Waals surface area contributed by atoms with Gasteiger partial charge in [0.1, 0.15) is 5.82 Å². The van der Waals surface area contributed by atoms with Crippen LogP contribution in [-0.4, -0.2) is 52.8 Å². The van der Waals surface area contributed by atoms with Gasteiger partial charge in [0.05, 0.1) is 5.92 Å². The quantitative estimate of drug-likeness (QED) is 0.564. The molecule has 2 aromatic carbocycles. The Balaban J connectivity index is 1.59. The van der Waals surface area contributed by atoms with Crippen LogP contribution >= 0.6 is 0 Å². The molecule has 4 rings (SSSR count). The van der Waals surface area contributed by atoms with Gasteiger partial charge in [-0.3, -0.25) is 14.6 Å². The van der Waals surface area contributed by atoms with E-state index in [0.717, 1.165) is 23.1 Å². The summed E-state index contributed by atoms with van der Waals surface area (Å²) in [6.45, 7) is 3.94. The van der Waals surface area contributed by atoms with E-state index in [-0.39, 0.29) is 17.7 Å². The number of hydrogen-bond donors (Lipinski definition) is 0. The van der Waals surface area contributed by atoms with Gasteiger partial charge < -0.3 is 9.80 Å². The first kappa shape index (κ1) is 22.6. The van der Waals surface area contributed by atoms with Crippen LogP contribution < -0.4 is 0 Å². The molecule has 0 aliphatic carbocycles. The molecule has 1 aromatic heterocycles. The van der Waals surface area contributed by atoms with E-state index in [9.17, 15) is 14.0 Å². The second-order valence-corrected chi connectivity index (χ2v) is 8.42.